The molecular weight excluding hydrogens is 220 g/mol. The van der Waals surface area contributed by atoms with Crippen LogP contribution in [0.4, 0.5) is 0 Å². The molecule has 0 aliphatic rings. The molecule has 78 valence electrons. The molecule has 2 nitrogen and oxygen atoms in total. The SMILES string of the molecule is Clc1ccc(-c2ccn3ccnc3c2)cc1. The van der Waals surface area contributed by atoms with Crippen LogP contribution < -0.4 is 0 Å². The highest BCUT2D eigenvalue weighted by molar-refractivity contribution is 6.30. The molecule has 0 atom stereocenters. The summed E-state index contributed by atoms with van der Waals surface area (Å²) in [6.45, 7) is 0. The lowest BCUT2D eigenvalue weighted by Crippen LogP contribution is -1.84. The maximum absolute atomic E-state index is 5.86. The van der Waals surface area contributed by atoms with E-state index in [2.05, 4.69) is 17.1 Å². The zero-order valence-electron chi connectivity index (χ0n) is 8.47. The number of benzene rings is 1. The van der Waals surface area contributed by atoms with Crippen molar-refractivity contribution in [1.29, 1.82) is 0 Å². The van der Waals surface area contributed by atoms with E-state index in [0.717, 1.165) is 21.8 Å². The molecule has 3 aromatic rings. The Morgan fingerprint density at radius 1 is 0.938 bits per heavy atom. The second kappa shape index (κ2) is 3.65. The monoisotopic (exact) mass is 228 g/mol. The Hall–Kier alpha value is -1.80. The van der Waals surface area contributed by atoms with Crippen LogP contribution >= 0.6 is 11.6 Å². The van der Waals surface area contributed by atoms with Crippen molar-refractivity contribution in [3.8, 4) is 11.1 Å². The Labute approximate surface area is 98.1 Å². The third-order valence-corrected chi connectivity index (χ3v) is 2.83. The summed E-state index contributed by atoms with van der Waals surface area (Å²) in [4.78, 5) is 4.26. The molecule has 0 aliphatic heterocycles. The van der Waals surface area contributed by atoms with E-state index in [9.17, 15) is 0 Å². The zero-order chi connectivity index (χ0) is 11.0. The van der Waals surface area contributed by atoms with Gasteiger partial charge in [-0.05, 0) is 35.4 Å². The van der Waals surface area contributed by atoms with Gasteiger partial charge in [0.05, 0.1) is 0 Å². The summed E-state index contributed by atoms with van der Waals surface area (Å²) in [5.74, 6) is 0. The van der Waals surface area contributed by atoms with Crippen LogP contribution in [0.15, 0.2) is 55.0 Å². The van der Waals surface area contributed by atoms with E-state index < -0.39 is 0 Å². The molecule has 0 fully saturated rings. The Kier molecular flexibility index (Phi) is 2.15. The highest BCUT2D eigenvalue weighted by Gasteiger charge is 1.99. The van der Waals surface area contributed by atoms with Gasteiger partial charge in [0.2, 0.25) is 0 Å². The number of rotatable bonds is 1. The van der Waals surface area contributed by atoms with Crippen LogP contribution in [0, 0.1) is 0 Å². The Bertz CT molecular complexity index is 626. The minimum atomic E-state index is 0.755. The third kappa shape index (κ3) is 1.57. The fourth-order valence-electron chi connectivity index (χ4n) is 1.73. The Balaban J connectivity index is 2.14. The van der Waals surface area contributed by atoms with Crippen molar-refractivity contribution >= 4 is 17.2 Å². The quantitative estimate of drug-likeness (QED) is 0.621. The lowest BCUT2D eigenvalue weighted by molar-refractivity contribution is 1.19. The van der Waals surface area contributed by atoms with Crippen molar-refractivity contribution in [2.24, 2.45) is 0 Å². The van der Waals surface area contributed by atoms with Crippen molar-refractivity contribution in [3.05, 3.63) is 60.0 Å². The van der Waals surface area contributed by atoms with Gasteiger partial charge in [0.1, 0.15) is 5.65 Å². The zero-order valence-corrected chi connectivity index (χ0v) is 9.22. The van der Waals surface area contributed by atoms with Crippen LogP contribution in [-0.2, 0) is 0 Å². The summed E-state index contributed by atoms with van der Waals surface area (Å²) in [5.41, 5.74) is 3.25. The number of nitrogens with zero attached hydrogens (tertiary/aromatic N) is 2. The molecule has 3 rings (SSSR count). The lowest BCUT2D eigenvalue weighted by Gasteiger charge is -2.02. The van der Waals surface area contributed by atoms with E-state index in [1.807, 2.05) is 41.1 Å². The third-order valence-electron chi connectivity index (χ3n) is 2.58. The van der Waals surface area contributed by atoms with E-state index >= 15 is 0 Å². The van der Waals surface area contributed by atoms with Crippen molar-refractivity contribution in [2.45, 2.75) is 0 Å². The first-order chi connectivity index (χ1) is 7.83. The molecule has 0 saturated carbocycles. The smallest absolute Gasteiger partial charge is 0.137 e. The second-order valence-electron chi connectivity index (χ2n) is 3.62. The molecule has 0 amide bonds. The molecule has 0 unspecified atom stereocenters. The van der Waals surface area contributed by atoms with Crippen LogP contribution in [0.1, 0.15) is 0 Å². The summed E-state index contributed by atoms with van der Waals surface area (Å²) in [5, 5.41) is 0.755. The fourth-order valence-corrected chi connectivity index (χ4v) is 1.86. The predicted molar refractivity (Wildman–Crippen MR) is 65.6 cm³/mol. The fraction of sp³-hybridized carbons (Fsp3) is 0. The van der Waals surface area contributed by atoms with E-state index in [0.29, 0.717) is 0 Å². The van der Waals surface area contributed by atoms with Crippen molar-refractivity contribution in [2.75, 3.05) is 0 Å². The molecule has 0 bridgehead atoms. The van der Waals surface area contributed by atoms with Crippen LogP contribution in [-0.4, -0.2) is 9.38 Å². The highest BCUT2D eigenvalue weighted by atomic mass is 35.5. The average Bonchev–Trinajstić information content (AvgIpc) is 2.77. The Morgan fingerprint density at radius 2 is 1.75 bits per heavy atom. The van der Waals surface area contributed by atoms with Gasteiger partial charge < -0.3 is 4.40 Å². The topological polar surface area (TPSA) is 17.3 Å². The van der Waals surface area contributed by atoms with Crippen LogP contribution in [0.2, 0.25) is 5.02 Å². The number of fused-ring (bicyclic) bond motifs is 1. The molecule has 2 aromatic heterocycles. The molecular formula is C13H9ClN2. The number of hydrogen-bond acceptors (Lipinski definition) is 1. The lowest BCUT2D eigenvalue weighted by atomic mass is 10.1. The molecule has 2 heterocycles. The molecule has 0 radical (unpaired) electrons. The number of pyridine rings is 1. The number of hydrogen-bond donors (Lipinski definition) is 0. The van der Waals surface area contributed by atoms with Crippen LogP contribution in [0.5, 0.6) is 0 Å². The van der Waals surface area contributed by atoms with Crippen LogP contribution in [0.3, 0.4) is 0 Å². The molecule has 0 N–H and O–H groups in total. The predicted octanol–water partition coefficient (Wildman–Crippen LogP) is 3.65. The number of halogens is 1. The van der Waals surface area contributed by atoms with E-state index in [-0.39, 0.29) is 0 Å². The Morgan fingerprint density at radius 3 is 2.56 bits per heavy atom. The van der Waals surface area contributed by atoms with E-state index in [1.54, 1.807) is 6.20 Å². The van der Waals surface area contributed by atoms with Gasteiger partial charge in [-0.25, -0.2) is 4.98 Å². The van der Waals surface area contributed by atoms with Crippen molar-refractivity contribution in [1.82, 2.24) is 9.38 Å². The van der Waals surface area contributed by atoms with Gasteiger partial charge in [-0.3, -0.25) is 0 Å². The molecule has 0 spiro atoms. The molecule has 3 heteroatoms. The van der Waals surface area contributed by atoms with Crippen LogP contribution in [0.25, 0.3) is 16.8 Å². The van der Waals surface area contributed by atoms with Gasteiger partial charge in [-0.1, -0.05) is 23.7 Å². The van der Waals surface area contributed by atoms with E-state index in [1.165, 1.54) is 0 Å². The van der Waals surface area contributed by atoms with Crippen molar-refractivity contribution in [3.63, 3.8) is 0 Å². The summed E-state index contributed by atoms with van der Waals surface area (Å²) in [7, 11) is 0. The highest BCUT2D eigenvalue weighted by Crippen LogP contribution is 2.22. The minimum Gasteiger partial charge on any atom is -0.307 e. The standard InChI is InChI=1S/C13H9ClN2/c14-12-3-1-10(2-4-12)11-5-7-16-8-6-15-13(16)9-11/h1-9H. The first-order valence-corrected chi connectivity index (χ1v) is 5.39. The molecule has 0 aliphatic carbocycles. The van der Waals surface area contributed by atoms with Crippen molar-refractivity contribution < 1.29 is 0 Å². The molecule has 0 saturated heterocycles. The van der Waals surface area contributed by atoms with Gasteiger partial charge in [-0.15, -0.1) is 0 Å². The van der Waals surface area contributed by atoms with Gasteiger partial charge in [0.15, 0.2) is 0 Å². The first-order valence-electron chi connectivity index (χ1n) is 5.01. The summed E-state index contributed by atoms with van der Waals surface area (Å²) < 4.78 is 1.99. The first kappa shape index (κ1) is 9.43. The van der Waals surface area contributed by atoms with E-state index in [4.69, 9.17) is 11.6 Å². The van der Waals surface area contributed by atoms with Gasteiger partial charge in [-0.2, -0.15) is 0 Å². The second-order valence-corrected chi connectivity index (χ2v) is 4.05. The summed E-state index contributed by atoms with van der Waals surface area (Å²) in [6, 6.07) is 11.9. The van der Waals surface area contributed by atoms with Gasteiger partial charge in [0, 0.05) is 23.6 Å². The molecule has 16 heavy (non-hydrogen) atoms. The summed E-state index contributed by atoms with van der Waals surface area (Å²) >= 11 is 5.86. The molecule has 1 aromatic carbocycles. The average molecular weight is 229 g/mol. The van der Waals surface area contributed by atoms with Gasteiger partial charge in [0.25, 0.3) is 0 Å². The maximum Gasteiger partial charge on any atom is 0.137 e. The summed E-state index contributed by atoms with van der Waals surface area (Å²) in [6.07, 6.45) is 5.73. The maximum atomic E-state index is 5.86. The normalized spacial score (nSPS) is 10.8. The number of aromatic nitrogens is 2. The van der Waals surface area contributed by atoms with Gasteiger partial charge >= 0.3 is 0 Å². The number of imidazole rings is 1. The minimum absolute atomic E-state index is 0.755. The largest absolute Gasteiger partial charge is 0.307 e.